The van der Waals surface area contributed by atoms with E-state index in [-0.39, 0.29) is 6.10 Å². The van der Waals surface area contributed by atoms with Gasteiger partial charge in [0, 0.05) is 11.6 Å². The molecule has 1 fully saturated rings. The van der Waals surface area contributed by atoms with Crippen LogP contribution in [0.4, 0.5) is 0 Å². The standard InChI is InChI=1S/C12H11NO3/c1-2-4-12(15-8-9-7-14-9)10(3-1)11-5-6-16-13-11/h1-6,9H,7-8H2. The van der Waals surface area contributed by atoms with E-state index in [9.17, 15) is 0 Å². The van der Waals surface area contributed by atoms with E-state index in [0.29, 0.717) is 6.61 Å². The summed E-state index contributed by atoms with van der Waals surface area (Å²) in [5.74, 6) is 0.812. The van der Waals surface area contributed by atoms with Gasteiger partial charge >= 0.3 is 0 Å². The first-order valence-corrected chi connectivity index (χ1v) is 5.17. The van der Waals surface area contributed by atoms with Gasteiger partial charge in [-0.25, -0.2) is 0 Å². The fourth-order valence-electron chi connectivity index (χ4n) is 1.50. The Morgan fingerprint density at radius 3 is 2.94 bits per heavy atom. The van der Waals surface area contributed by atoms with Crippen LogP contribution in [0.5, 0.6) is 5.75 Å². The summed E-state index contributed by atoms with van der Waals surface area (Å²) in [5, 5.41) is 3.90. The molecule has 0 N–H and O–H groups in total. The highest BCUT2D eigenvalue weighted by Gasteiger charge is 2.23. The summed E-state index contributed by atoms with van der Waals surface area (Å²) in [7, 11) is 0. The molecule has 0 saturated carbocycles. The molecule has 1 aromatic carbocycles. The maximum Gasteiger partial charge on any atom is 0.128 e. The van der Waals surface area contributed by atoms with Crippen molar-refractivity contribution in [1.29, 1.82) is 0 Å². The molecule has 2 heterocycles. The van der Waals surface area contributed by atoms with Crippen molar-refractivity contribution in [2.75, 3.05) is 13.2 Å². The minimum atomic E-state index is 0.255. The Morgan fingerprint density at radius 1 is 1.31 bits per heavy atom. The molecule has 1 unspecified atom stereocenters. The summed E-state index contributed by atoms with van der Waals surface area (Å²) in [6.07, 6.45) is 1.81. The molecule has 1 aromatic heterocycles. The van der Waals surface area contributed by atoms with Gasteiger partial charge in [-0.05, 0) is 12.1 Å². The van der Waals surface area contributed by atoms with E-state index in [1.54, 1.807) is 6.26 Å². The lowest BCUT2D eigenvalue weighted by atomic mass is 10.1. The maximum atomic E-state index is 5.68. The summed E-state index contributed by atoms with van der Waals surface area (Å²) in [6, 6.07) is 9.58. The lowest BCUT2D eigenvalue weighted by Crippen LogP contribution is -2.04. The van der Waals surface area contributed by atoms with Gasteiger partial charge in [-0.15, -0.1) is 0 Å². The number of hydrogen-bond acceptors (Lipinski definition) is 4. The van der Waals surface area contributed by atoms with Crippen LogP contribution in [0.1, 0.15) is 0 Å². The molecule has 2 aromatic rings. The molecule has 0 spiro atoms. The van der Waals surface area contributed by atoms with E-state index in [4.69, 9.17) is 14.0 Å². The molecule has 0 amide bonds. The fraction of sp³-hybridized carbons (Fsp3) is 0.250. The van der Waals surface area contributed by atoms with Crippen LogP contribution in [0.25, 0.3) is 11.3 Å². The Morgan fingerprint density at radius 2 is 2.19 bits per heavy atom. The van der Waals surface area contributed by atoms with Gasteiger partial charge in [-0.3, -0.25) is 0 Å². The molecule has 1 aliphatic heterocycles. The number of benzene rings is 1. The van der Waals surface area contributed by atoms with Gasteiger partial charge in [0.1, 0.15) is 30.4 Å². The van der Waals surface area contributed by atoms with Crippen LogP contribution in [-0.4, -0.2) is 24.5 Å². The highest BCUT2D eigenvalue weighted by Crippen LogP contribution is 2.29. The SMILES string of the molecule is c1ccc(-c2ccon2)c(OCC2CO2)c1. The molecule has 4 heteroatoms. The van der Waals surface area contributed by atoms with Gasteiger partial charge in [-0.2, -0.15) is 0 Å². The Bertz CT molecular complexity index is 463. The molecular weight excluding hydrogens is 206 g/mol. The highest BCUT2D eigenvalue weighted by atomic mass is 16.6. The Labute approximate surface area is 92.8 Å². The largest absolute Gasteiger partial charge is 0.490 e. The molecule has 0 radical (unpaired) electrons. The Kier molecular flexibility index (Phi) is 2.34. The van der Waals surface area contributed by atoms with Crippen molar-refractivity contribution >= 4 is 0 Å². The summed E-state index contributed by atoms with van der Waals surface area (Å²) in [4.78, 5) is 0. The van der Waals surface area contributed by atoms with Crippen LogP contribution in [0.3, 0.4) is 0 Å². The summed E-state index contributed by atoms with van der Waals surface area (Å²) in [6.45, 7) is 1.39. The van der Waals surface area contributed by atoms with Crippen molar-refractivity contribution in [2.24, 2.45) is 0 Å². The molecule has 1 aliphatic rings. The van der Waals surface area contributed by atoms with Crippen molar-refractivity contribution < 1.29 is 14.0 Å². The molecule has 16 heavy (non-hydrogen) atoms. The van der Waals surface area contributed by atoms with Crippen LogP contribution in [0.2, 0.25) is 0 Å². The van der Waals surface area contributed by atoms with Crippen LogP contribution in [-0.2, 0) is 4.74 Å². The van der Waals surface area contributed by atoms with E-state index in [1.807, 2.05) is 30.3 Å². The number of nitrogens with zero attached hydrogens (tertiary/aromatic N) is 1. The van der Waals surface area contributed by atoms with E-state index >= 15 is 0 Å². The van der Waals surface area contributed by atoms with Crippen LogP contribution >= 0.6 is 0 Å². The van der Waals surface area contributed by atoms with Crippen molar-refractivity contribution in [3.8, 4) is 17.0 Å². The number of ether oxygens (including phenoxy) is 2. The van der Waals surface area contributed by atoms with E-state index in [2.05, 4.69) is 5.16 Å². The average Bonchev–Trinajstić information content (AvgIpc) is 3.00. The number of rotatable bonds is 4. The number of para-hydroxylation sites is 1. The van der Waals surface area contributed by atoms with Gasteiger partial charge in [-0.1, -0.05) is 17.3 Å². The molecule has 1 saturated heterocycles. The first kappa shape index (κ1) is 9.42. The van der Waals surface area contributed by atoms with Gasteiger partial charge in [0.05, 0.1) is 6.61 Å². The maximum absolute atomic E-state index is 5.68. The second-order valence-corrected chi connectivity index (χ2v) is 3.65. The quantitative estimate of drug-likeness (QED) is 0.736. The van der Waals surface area contributed by atoms with Gasteiger partial charge in [0.25, 0.3) is 0 Å². The minimum Gasteiger partial charge on any atom is -0.490 e. The molecule has 0 bridgehead atoms. The summed E-state index contributed by atoms with van der Waals surface area (Å²) >= 11 is 0. The van der Waals surface area contributed by atoms with Crippen molar-refractivity contribution in [3.05, 3.63) is 36.6 Å². The average molecular weight is 217 g/mol. The zero-order valence-corrected chi connectivity index (χ0v) is 8.63. The molecule has 1 atom stereocenters. The topological polar surface area (TPSA) is 47.8 Å². The minimum absolute atomic E-state index is 0.255. The molecule has 82 valence electrons. The third-order valence-corrected chi connectivity index (χ3v) is 2.43. The smallest absolute Gasteiger partial charge is 0.128 e. The van der Waals surface area contributed by atoms with Crippen molar-refractivity contribution in [3.63, 3.8) is 0 Å². The number of aromatic nitrogens is 1. The third kappa shape index (κ3) is 1.92. The Balaban J connectivity index is 1.85. The monoisotopic (exact) mass is 217 g/mol. The number of epoxide rings is 1. The van der Waals surface area contributed by atoms with Crippen LogP contribution in [0, 0.1) is 0 Å². The van der Waals surface area contributed by atoms with Gasteiger partial charge < -0.3 is 14.0 Å². The predicted molar refractivity (Wildman–Crippen MR) is 57.2 cm³/mol. The zero-order chi connectivity index (χ0) is 10.8. The van der Waals surface area contributed by atoms with Crippen molar-refractivity contribution in [1.82, 2.24) is 5.16 Å². The Hall–Kier alpha value is -1.81. The summed E-state index contributed by atoms with van der Waals surface area (Å²) in [5.41, 5.74) is 1.73. The van der Waals surface area contributed by atoms with E-state index in [1.165, 1.54) is 0 Å². The first-order chi connectivity index (χ1) is 7.93. The lowest BCUT2D eigenvalue weighted by molar-refractivity contribution is 0.263. The highest BCUT2D eigenvalue weighted by molar-refractivity contribution is 5.66. The van der Waals surface area contributed by atoms with E-state index < -0.39 is 0 Å². The fourth-order valence-corrected chi connectivity index (χ4v) is 1.50. The normalized spacial score (nSPS) is 18.4. The zero-order valence-electron chi connectivity index (χ0n) is 8.63. The molecule has 3 rings (SSSR count). The first-order valence-electron chi connectivity index (χ1n) is 5.17. The van der Waals surface area contributed by atoms with Gasteiger partial charge in [0.2, 0.25) is 0 Å². The van der Waals surface area contributed by atoms with Crippen LogP contribution in [0.15, 0.2) is 41.1 Å². The van der Waals surface area contributed by atoms with Crippen molar-refractivity contribution in [2.45, 2.75) is 6.10 Å². The molecule has 4 nitrogen and oxygen atoms in total. The predicted octanol–water partition coefficient (Wildman–Crippen LogP) is 2.12. The van der Waals surface area contributed by atoms with Crippen LogP contribution < -0.4 is 4.74 Å². The summed E-state index contributed by atoms with van der Waals surface area (Å²) < 4.78 is 15.6. The van der Waals surface area contributed by atoms with Gasteiger partial charge in [0.15, 0.2) is 0 Å². The third-order valence-electron chi connectivity index (χ3n) is 2.43. The number of hydrogen-bond donors (Lipinski definition) is 0. The second-order valence-electron chi connectivity index (χ2n) is 3.65. The lowest BCUT2D eigenvalue weighted by Gasteiger charge is -2.07. The second kappa shape index (κ2) is 3.98. The molecular formula is C12H11NO3. The van der Waals surface area contributed by atoms with E-state index in [0.717, 1.165) is 23.6 Å². The molecule has 0 aliphatic carbocycles.